The minimum absolute atomic E-state index is 0.282. The van der Waals surface area contributed by atoms with Gasteiger partial charge in [0.1, 0.15) is 0 Å². The molecule has 0 aromatic heterocycles. The molecule has 1 atom stereocenters. The van der Waals surface area contributed by atoms with Crippen LogP contribution in [-0.2, 0) is 0 Å². The van der Waals surface area contributed by atoms with Gasteiger partial charge in [0.15, 0.2) is 0 Å². The Labute approximate surface area is 63.0 Å². The van der Waals surface area contributed by atoms with E-state index in [0.717, 1.165) is 19.6 Å². The Morgan fingerprint density at radius 1 is 1.33 bits per heavy atom. The summed E-state index contributed by atoms with van der Waals surface area (Å²) >= 11 is 5.79. The van der Waals surface area contributed by atoms with Crippen molar-refractivity contribution in [3.63, 3.8) is 0 Å². The van der Waals surface area contributed by atoms with Gasteiger partial charge in [-0.05, 0) is 20.0 Å². The second kappa shape index (κ2) is 5.07. The van der Waals surface area contributed by atoms with Gasteiger partial charge in [0.2, 0.25) is 0 Å². The average molecular weight is 150 g/mol. The molecule has 0 heterocycles. The zero-order valence-corrected chi connectivity index (χ0v) is 7.28. The van der Waals surface area contributed by atoms with Gasteiger partial charge in [-0.3, -0.25) is 0 Å². The van der Waals surface area contributed by atoms with Crippen molar-refractivity contribution in [2.75, 3.05) is 19.6 Å². The van der Waals surface area contributed by atoms with Gasteiger partial charge < -0.3 is 4.90 Å². The monoisotopic (exact) mass is 149 g/mol. The zero-order chi connectivity index (χ0) is 7.28. The molecule has 0 bridgehead atoms. The third kappa shape index (κ3) is 4.73. The van der Waals surface area contributed by atoms with Crippen LogP contribution in [0.2, 0.25) is 0 Å². The summed E-state index contributed by atoms with van der Waals surface area (Å²) in [6.07, 6.45) is 0. The van der Waals surface area contributed by atoms with Crippen molar-refractivity contribution in [2.24, 2.45) is 0 Å². The van der Waals surface area contributed by atoms with Crippen LogP contribution in [0.5, 0.6) is 0 Å². The van der Waals surface area contributed by atoms with Crippen molar-refractivity contribution in [2.45, 2.75) is 26.1 Å². The Morgan fingerprint density at radius 3 is 1.89 bits per heavy atom. The summed E-state index contributed by atoms with van der Waals surface area (Å²) in [5, 5.41) is 0.282. The van der Waals surface area contributed by atoms with E-state index in [1.54, 1.807) is 0 Å². The molecule has 0 saturated heterocycles. The number of rotatable bonds is 4. The molecule has 1 nitrogen and oxygen atoms in total. The summed E-state index contributed by atoms with van der Waals surface area (Å²) in [5.41, 5.74) is 0. The van der Waals surface area contributed by atoms with Crippen molar-refractivity contribution in [3.8, 4) is 0 Å². The van der Waals surface area contributed by atoms with E-state index in [-0.39, 0.29) is 5.38 Å². The van der Waals surface area contributed by atoms with Gasteiger partial charge >= 0.3 is 0 Å². The first kappa shape index (κ1) is 9.25. The maximum Gasteiger partial charge on any atom is 0.0435 e. The number of nitrogens with zero attached hydrogens (tertiary/aromatic N) is 1. The summed E-state index contributed by atoms with van der Waals surface area (Å²) in [4.78, 5) is 2.32. The molecule has 0 unspecified atom stereocenters. The standard InChI is InChI=1S/C7H16ClN/c1-4-9(5-2)6-7(3)8/h7H,4-6H2,1-3H3/t7-/m0/s1. The molecule has 0 saturated carbocycles. The minimum atomic E-state index is 0.282. The lowest BCUT2D eigenvalue weighted by molar-refractivity contribution is 0.307. The van der Waals surface area contributed by atoms with Crippen LogP contribution in [0.4, 0.5) is 0 Å². The molecule has 9 heavy (non-hydrogen) atoms. The predicted octanol–water partition coefficient (Wildman–Crippen LogP) is 1.96. The van der Waals surface area contributed by atoms with E-state index in [1.165, 1.54) is 0 Å². The molecule has 0 aromatic carbocycles. The quantitative estimate of drug-likeness (QED) is 0.553. The first-order chi connectivity index (χ1) is 4.20. The highest BCUT2D eigenvalue weighted by Gasteiger charge is 2.01. The highest BCUT2D eigenvalue weighted by molar-refractivity contribution is 6.20. The SMILES string of the molecule is CCN(CC)C[C@H](C)Cl. The summed E-state index contributed by atoms with van der Waals surface area (Å²) in [7, 11) is 0. The molecule has 0 aliphatic carbocycles. The smallest absolute Gasteiger partial charge is 0.0435 e. The first-order valence-electron chi connectivity index (χ1n) is 3.57. The lowest BCUT2D eigenvalue weighted by atomic mass is 10.4. The van der Waals surface area contributed by atoms with Crippen LogP contribution in [0.3, 0.4) is 0 Å². The topological polar surface area (TPSA) is 3.24 Å². The van der Waals surface area contributed by atoms with Crippen LogP contribution < -0.4 is 0 Å². The van der Waals surface area contributed by atoms with Crippen molar-refractivity contribution in [1.82, 2.24) is 4.90 Å². The van der Waals surface area contributed by atoms with Gasteiger partial charge in [0.25, 0.3) is 0 Å². The van der Waals surface area contributed by atoms with Crippen LogP contribution in [0.15, 0.2) is 0 Å². The van der Waals surface area contributed by atoms with E-state index in [9.17, 15) is 0 Å². The molecular formula is C7H16ClN. The Bertz CT molecular complexity index is 59.9. The van der Waals surface area contributed by atoms with Crippen LogP contribution in [0.1, 0.15) is 20.8 Å². The summed E-state index contributed by atoms with van der Waals surface area (Å²) in [6.45, 7) is 9.56. The number of alkyl halides is 1. The Kier molecular flexibility index (Phi) is 5.21. The molecule has 0 spiro atoms. The lowest BCUT2D eigenvalue weighted by Gasteiger charge is -2.18. The molecule has 0 fully saturated rings. The fraction of sp³-hybridized carbons (Fsp3) is 1.00. The molecular weight excluding hydrogens is 134 g/mol. The van der Waals surface area contributed by atoms with Gasteiger partial charge in [-0.2, -0.15) is 0 Å². The Hall–Kier alpha value is 0.250. The summed E-state index contributed by atoms with van der Waals surface area (Å²) in [6, 6.07) is 0. The molecule has 0 rings (SSSR count). The minimum Gasteiger partial charge on any atom is -0.302 e. The largest absolute Gasteiger partial charge is 0.302 e. The van der Waals surface area contributed by atoms with Crippen molar-refractivity contribution in [3.05, 3.63) is 0 Å². The van der Waals surface area contributed by atoms with E-state index in [0.29, 0.717) is 0 Å². The van der Waals surface area contributed by atoms with E-state index >= 15 is 0 Å². The van der Waals surface area contributed by atoms with Crippen LogP contribution >= 0.6 is 11.6 Å². The summed E-state index contributed by atoms with van der Waals surface area (Å²) < 4.78 is 0. The Balaban J connectivity index is 3.31. The molecule has 0 radical (unpaired) electrons. The highest BCUT2D eigenvalue weighted by atomic mass is 35.5. The second-order valence-corrected chi connectivity index (χ2v) is 3.01. The normalized spacial score (nSPS) is 14.3. The third-order valence-corrected chi connectivity index (χ3v) is 1.54. The molecule has 0 amide bonds. The molecule has 2 heteroatoms. The van der Waals surface area contributed by atoms with Crippen molar-refractivity contribution in [1.29, 1.82) is 0 Å². The second-order valence-electron chi connectivity index (χ2n) is 2.27. The number of hydrogen-bond acceptors (Lipinski definition) is 1. The summed E-state index contributed by atoms with van der Waals surface area (Å²) in [5.74, 6) is 0. The van der Waals surface area contributed by atoms with Crippen molar-refractivity contribution >= 4 is 11.6 Å². The van der Waals surface area contributed by atoms with Crippen LogP contribution in [0.25, 0.3) is 0 Å². The van der Waals surface area contributed by atoms with E-state index in [4.69, 9.17) is 11.6 Å². The van der Waals surface area contributed by atoms with Gasteiger partial charge in [0.05, 0.1) is 0 Å². The fourth-order valence-corrected chi connectivity index (χ4v) is 1.03. The van der Waals surface area contributed by atoms with E-state index in [2.05, 4.69) is 18.7 Å². The van der Waals surface area contributed by atoms with Crippen molar-refractivity contribution < 1.29 is 0 Å². The molecule has 56 valence electrons. The van der Waals surface area contributed by atoms with Gasteiger partial charge in [0, 0.05) is 11.9 Å². The molecule has 0 aromatic rings. The highest BCUT2D eigenvalue weighted by Crippen LogP contribution is 1.97. The van der Waals surface area contributed by atoms with Gasteiger partial charge in [-0.15, -0.1) is 11.6 Å². The van der Waals surface area contributed by atoms with Gasteiger partial charge in [-0.25, -0.2) is 0 Å². The number of hydrogen-bond donors (Lipinski definition) is 0. The predicted molar refractivity (Wildman–Crippen MR) is 43.1 cm³/mol. The zero-order valence-electron chi connectivity index (χ0n) is 6.52. The maximum atomic E-state index is 5.79. The molecule has 0 N–H and O–H groups in total. The fourth-order valence-electron chi connectivity index (χ4n) is 0.838. The van der Waals surface area contributed by atoms with Crippen LogP contribution in [-0.4, -0.2) is 29.9 Å². The van der Waals surface area contributed by atoms with E-state index < -0.39 is 0 Å². The van der Waals surface area contributed by atoms with Gasteiger partial charge in [-0.1, -0.05) is 13.8 Å². The average Bonchev–Trinajstić information content (AvgIpc) is 1.82. The van der Waals surface area contributed by atoms with E-state index in [1.807, 2.05) is 6.92 Å². The Morgan fingerprint density at radius 2 is 1.78 bits per heavy atom. The third-order valence-electron chi connectivity index (χ3n) is 1.40. The molecule has 0 aliphatic rings. The maximum absolute atomic E-state index is 5.79. The first-order valence-corrected chi connectivity index (χ1v) is 4.00. The molecule has 0 aliphatic heterocycles. The lowest BCUT2D eigenvalue weighted by Crippen LogP contribution is -2.28. The number of halogens is 1. The van der Waals surface area contributed by atoms with Crippen LogP contribution in [0, 0.1) is 0 Å².